The molecule has 2 fully saturated rings. The Morgan fingerprint density at radius 3 is 2.66 bits per heavy atom. The molecular formula is C26H39NO8. The molecule has 3 rings (SSSR count). The quantitative estimate of drug-likeness (QED) is 0.181. The molecule has 2 aliphatic heterocycles. The summed E-state index contributed by atoms with van der Waals surface area (Å²) in [6.07, 6.45) is 7.61. The Bertz CT molecular complexity index is 854. The first-order valence-corrected chi connectivity index (χ1v) is 12.8. The molecule has 0 saturated carbocycles. The number of carbonyl (C=O) groups is 3. The average Bonchev–Trinajstić information content (AvgIpc) is 3.10. The van der Waals surface area contributed by atoms with Crippen LogP contribution in [0.1, 0.15) is 77.6 Å². The van der Waals surface area contributed by atoms with Gasteiger partial charge in [-0.25, -0.2) is 0 Å². The number of aliphatic hydroxyl groups is 3. The maximum Gasteiger partial charge on any atom is 0.303 e. The number of ketones is 2. The number of ether oxygens (including phenoxy) is 1. The van der Waals surface area contributed by atoms with E-state index in [4.69, 9.17) is 9.84 Å². The zero-order chi connectivity index (χ0) is 25.6. The Morgan fingerprint density at radius 1 is 1.23 bits per heavy atom. The van der Waals surface area contributed by atoms with E-state index < -0.39 is 47.0 Å². The first kappa shape index (κ1) is 27.5. The van der Waals surface area contributed by atoms with Gasteiger partial charge in [0.05, 0.1) is 12.2 Å². The van der Waals surface area contributed by atoms with Crippen LogP contribution in [0.5, 0.6) is 0 Å². The van der Waals surface area contributed by atoms with Gasteiger partial charge in [0, 0.05) is 48.9 Å². The molecule has 0 aromatic heterocycles. The third-order valence-corrected chi connectivity index (χ3v) is 7.67. The molecule has 9 nitrogen and oxygen atoms in total. The molecule has 35 heavy (non-hydrogen) atoms. The van der Waals surface area contributed by atoms with Crippen molar-refractivity contribution in [1.82, 2.24) is 5.32 Å². The molecule has 0 aromatic rings. The van der Waals surface area contributed by atoms with E-state index in [1.54, 1.807) is 0 Å². The molecule has 9 heteroatoms. The average molecular weight is 494 g/mol. The predicted molar refractivity (Wildman–Crippen MR) is 127 cm³/mol. The molecule has 6 atom stereocenters. The highest BCUT2D eigenvalue weighted by Crippen LogP contribution is 2.57. The number of rotatable bonds is 14. The Morgan fingerprint density at radius 2 is 1.94 bits per heavy atom. The zero-order valence-corrected chi connectivity index (χ0v) is 20.4. The minimum Gasteiger partial charge on any atom is -0.481 e. The van der Waals surface area contributed by atoms with Crippen LogP contribution >= 0.6 is 0 Å². The highest BCUT2D eigenvalue weighted by molar-refractivity contribution is 5.98. The summed E-state index contributed by atoms with van der Waals surface area (Å²) in [5.74, 6) is -4.29. The molecule has 2 bridgehead atoms. The van der Waals surface area contributed by atoms with E-state index in [0.717, 1.165) is 25.7 Å². The Balaban J connectivity index is 1.66. The number of nitrogens with one attached hydrogen (secondary N) is 1. The van der Waals surface area contributed by atoms with Gasteiger partial charge >= 0.3 is 5.97 Å². The van der Waals surface area contributed by atoms with Crippen molar-refractivity contribution in [1.29, 1.82) is 0 Å². The van der Waals surface area contributed by atoms with Crippen molar-refractivity contribution in [2.75, 3.05) is 6.54 Å². The van der Waals surface area contributed by atoms with E-state index in [0.29, 0.717) is 25.0 Å². The molecule has 3 unspecified atom stereocenters. The molecule has 0 amide bonds. The summed E-state index contributed by atoms with van der Waals surface area (Å²) in [4.78, 5) is 36.1. The number of carboxylic acid groups (broad SMARTS) is 1. The monoisotopic (exact) mass is 493 g/mol. The van der Waals surface area contributed by atoms with Crippen molar-refractivity contribution in [3.8, 4) is 0 Å². The van der Waals surface area contributed by atoms with Gasteiger partial charge in [0.25, 0.3) is 0 Å². The second kappa shape index (κ2) is 11.8. The highest BCUT2D eigenvalue weighted by atomic mass is 16.6. The van der Waals surface area contributed by atoms with Gasteiger partial charge in [0.2, 0.25) is 11.6 Å². The van der Waals surface area contributed by atoms with Crippen LogP contribution in [0.15, 0.2) is 23.9 Å². The van der Waals surface area contributed by atoms with Crippen molar-refractivity contribution in [2.45, 2.75) is 102 Å². The lowest BCUT2D eigenvalue weighted by atomic mass is 9.58. The maximum atomic E-state index is 12.9. The topological polar surface area (TPSA) is 153 Å². The third-order valence-electron chi connectivity index (χ3n) is 7.67. The van der Waals surface area contributed by atoms with Gasteiger partial charge in [-0.3, -0.25) is 14.4 Å². The van der Waals surface area contributed by atoms with E-state index in [1.165, 1.54) is 6.08 Å². The first-order chi connectivity index (χ1) is 16.6. The van der Waals surface area contributed by atoms with Crippen LogP contribution in [0, 0.1) is 11.3 Å². The summed E-state index contributed by atoms with van der Waals surface area (Å²) in [5.41, 5.74) is -0.344. The fourth-order valence-corrected chi connectivity index (χ4v) is 5.80. The van der Waals surface area contributed by atoms with E-state index in [9.17, 15) is 29.7 Å². The molecule has 0 aromatic carbocycles. The normalized spacial score (nSPS) is 32.7. The van der Waals surface area contributed by atoms with Crippen molar-refractivity contribution in [2.24, 2.45) is 11.3 Å². The molecule has 196 valence electrons. The summed E-state index contributed by atoms with van der Waals surface area (Å²) in [6, 6.07) is 0. The van der Waals surface area contributed by atoms with Gasteiger partial charge in [-0.05, 0) is 25.7 Å². The van der Waals surface area contributed by atoms with Crippen LogP contribution in [0.3, 0.4) is 0 Å². The van der Waals surface area contributed by atoms with Crippen molar-refractivity contribution >= 4 is 17.5 Å². The van der Waals surface area contributed by atoms with Crippen LogP contribution in [0.25, 0.3) is 0 Å². The second-order valence-corrected chi connectivity index (χ2v) is 10.1. The minimum absolute atomic E-state index is 0.0708. The highest BCUT2D eigenvalue weighted by Gasteiger charge is 2.66. The van der Waals surface area contributed by atoms with Crippen LogP contribution in [0.2, 0.25) is 0 Å². The Labute approximate surface area is 206 Å². The van der Waals surface area contributed by atoms with Crippen molar-refractivity contribution in [3.63, 3.8) is 0 Å². The predicted octanol–water partition coefficient (Wildman–Crippen LogP) is 1.99. The number of Topliss-reactive ketones (excluding diaryl/α,β-unsaturated/α-hetero) is 1. The maximum absolute atomic E-state index is 12.9. The van der Waals surface area contributed by atoms with Gasteiger partial charge in [0.15, 0.2) is 5.78 Å². The number of unbranched alkanes of at least 4 members (excludes halogenated alkanes) is 4. The molecule has 3 aliphatic rings. The number of β-amino-alcohol motifs (C(OH)–C–C–N with tert-alkyl or cyclic N) is 1. The molecular weight excluding hydrogens is 454 g/mol. The molecule has 0 radical (unpaired) electrons. The number of hydrogen-bond donors (Lipinski definition) is 5. The number of carboxylic acids is 1. The summed E-state index contributed by atoms with van der Waals surface area (Å²) in [7, 11) is 0. The number of aliphatic hydroxyl groups excluding tert-OH is 2. The summed E-state index contributed by atoms with van der Waals surface area (Å²) in [5, 5.41) is 44.3. The number of fused-ring (bicyclic) bond motifs is 1. The molecule has 5 N–H and O–H groups in total. The number of carbonyl (C=O) groups excluding carboxylic acids is 2. The van der Waals surface area contributed by atoms with E-state index in [2.05, 4.69) is 5.32 Å². The van der Waals surface area contributed by atoms with Crippen LogP contribution in [-0.2, 0) is 19.1 Å². The van der Waals surface area contributed by atoms with Gasteiger partial charge in [-0.15, -0.1) is 0 Å². The van der Waals surface area contributed by atoms with Crippen molar-refractivity contribution < 1.29 is 39.5 Å². The number of allylic oxidation sites excluding steroid dienone is 2. The lowest BCUT2D eigenvalue weighted by molar-refractivity contribution is -0.286. The SMILES string of the molecule is CC/C=C\C[C@H]1[C@H](CC(=O)C(O)CCCCCCCC(=O)O)O[C@@]2(O)CC13C(=CC2=O)NCC3O. The van der Waals surface area contributed by atoms with E-state index in [1.807, 2.05) is 19.1 Å². The van der Waals surface area contributed by atoms with Crippen LogP contribution in [0.4, 0.5) is 0 Å². The summed E-state index contributed by atoms with van der Waals surface area (Å²) in [6.45, 7) is 2.25. The van der Waals surface area contributed by atoms with E-state index >= 15 is 0 Å². The minimum atomic E-state index is -2.10. The molecule has 2 saturated heterocycles. The molecule has 2 heterocycles. The van der Waals surface area contributed by atoms with Crippen molar-refractivity contribution in [3.05, 3.63) is 23.9 Å². The van der Waals surface area contributed by atoms with Gasteiger partial charge in [-0.2, -0.15) is 0 Å². The second-order valence-electron chi connectivity index (χ2n) is 10.1. The lowest BCUT2D eigenvalue weighted by Crippen LogP contribution is -2.63. The first-order valence-electron chi connectivity index (χ1n) is 12.8. The number of aliphatic carboxylic acids is 1. The summed E-state index contributed by atoms with van der Waals surface area (Å²) >= 11 is 0. The van der Waals surface area contributed by atoms with Crippen LogP contribution in [-0.4, -0.2) is 68.6 Å². The zero-order valence-electron chi connectivity index (χ0n) is 20.4. The summed E-state index contributed by atoms with van der Waals surface area (Å²) < 4.78 is 5.87. The number of hydrogen-bond acceptors (Lipinski definition) is 8. The Kier molecular flexibility index (Phi) is 9.26. The fourth-order valence-electron chi connectivity index (χ4n) is 5.80. The van der Waals surface area contributed by atoms with Gasteiger partial charge in [0.1, 0.15) is 6.10 Å². The standard InChI is InChI=1S/C26H39NO8/c1-2-3-7-10-17-20(13-19(29)18(28)11-8-5-4-6-9-12-24(32)33)35-26(34)16-25(17)21(14-22(26)30)27-15-23(25)31/h3,7,14,17-18,20,23,27-28,31,34H,2,4-6,8-13,15-16H2,1H3,(H,32,33)/b7-3-/t17-,18?,20-,23?,25?,26-/m0/s1. The van der Waals surface area contributed by atoms with Crippen LogP contribution < -0.4 is 5.32 Å². The van der Waals surface area contributed by atoms with Gasteiger partial charge in [-0.1, -0.05) is 44.8 Å². The lowest BCUT2D eigenvalue weighted by Gasteiger charge is -2.54. The smallest absolute Gasteiger partial charge is 0.303 e. The Hall–Kier alpha value is -2.07. The fraction of sp³-hybridized carbons (Fsp3) is 0.731. The largest absolute Gasteiger partial charge is 0.481 e. The molecule has 1 aliphatic carbocycles. The van der Waals surface area contributed by atoms with Gasteiger partial charge < -0.3 is 30.5 Å². The molecule has 1 spiro atoms. The van der Waals surface area contributed by atoms with E-state index in [-0.39, 0.29) is 38.1 Å². The third kappa shape index (κ3) is 6.02.